The Kier molecular flexibility index (Phi) is 7.26. The molecule has 206 valence electrons. The molecule has 0 N–H and O–H groups in total. The van der Waals surface area contributed by atoms with E-state index in [-0.39, 0.29) is 0 Å². The molecular weight excluding hydrogens is 528 g/mol. The SMILES string of the molecule is COC(=O)c1ccc2c(-c3c(Oc4ccccc4)ccc4cc(C(=O)OC)ccc34)c(Oc3ccccc3)ccc2c1. The van der Waals surface area contributed by atoms with Gasteiger partial charge in [-0.1, -0.05) is 60.7 Å². The quantitative estimate of drug-likeness (QED) is 0.184. The maximum absolute atomic E-state index is 12.4. The summed E-state index contributed by atoms with van der Waals surface area (Å²) in [6.07, 6.45) is 0. The molecule has 0 saturated heterocycles. The van der Waals surface area contributed by atoms with Crippen molar-refractivity contribution >= 4 is 33.5 Å². The molecule has 42 heavy (non-hydrogen) atoms. The molecule has 0 spiro atoms. The first-order valence-electron chi connectivity index (χ1n) is 13.3. The van der Waals surface area contributed by atoms with Crippen LogP contribution in [0.3, 0.4) is 0 Å². The monoisotopic (exact) mass is 554 g/mol. The Balaban J connectivity index is 1.67. The molecule has 0 radical (unpaired) electrons. The molecule has 6 rings (SSSR count). The van der Waals surface area contributed by atoms with Crippen molar-refractivity contribution in [3.8, 4) is 34.1 Å². The van der Waals surface area contributed by atoms with Gasteiger partial charge in [-0.2, -0.15) is 0 Å². The minimum absolute atomic E-state index is 0.420. The average Bonchev–Trinajstić information content (AvgIpc) is 3.04. The first kappa shape index (κ1) is 26.6. The van der Waals surface area contributed by atoms with E-state index in [9.17, 15) is 9.59 Å². The molecule has 0 bridgehead atoms. The van der Waals surface area contributed by atoms with Crippen molar-refractivity contribution in [2.24, 2.45) is 0 Å². The number of carbonyl (C=O) groups is 2. The number of methoxy groups -OCH3 is 2. The van der Waals surface area contributed by atoms with Gasteiger partial charge in [0.25, 0.3) is 0 Å². The molecule has 0 saturated carbocycles. The van der Waals surface area contributed by atoms with E-state index in [0.717, 1.165) is 32.7 Å². The Morgan fingerprint density at radius 3 is 1.26 bits per heavy atom. The Morgan fingerprint density at radius 2 is 0.881 bits per heavy atom. The fourth-order valence-corrected chi connectivity index (χ4v) is 5.03. The van der Waals surface area contributed by atoms with Gasteiger partial charge >= 0.3 is 11.9 Å². The van der Waals surface area contributed by atoms with Gasteiger partial charge in [-0.05, 0) is 82.2 Å². The van der Waals surface area contributed by atoms with Gasteiger partial charge in [0.2, 0.25) is 0 Å². The van der Waals surface area contributed by atoms with Crippen LogP contribution in [0.4, 0.5) is 0 Å². The third kappa shape index (κ3) is 5.13. The van der Waals surface area contributed by atoms with Crippen LogP contribution in [0.2, 0.25) is 0 Å². The molecule has 0 aliphatic carbocycles. The number of ether oxygens (including phenoxy) is 4. The van der Waals surface area contributed by atoms with E-state index in [2.05, 4.69) is 0 Å². The van der Waals surface area contributed by atoms with E-state index >= 15 is 0 Å². The summed E-state index contributed by atoms with van der Waals surface area (Å²) >= 11 is 0. The summed E-state index contributed by atoms with van der Waals surface area (Å²) in [6.45, 7) is 0. The van der Waals surface area contributed by atoms with Gasteiger partial charge in [0.15, 0.2) is 0 Å². The van der Waals surface area contributed by atoms with Crippen LogP contribution in [0.1, 0.15) is 20.7 Å². The maximum atomic E-state index is 12.4. The molecule has 0 aliphatic heterocycles. The highest BCUT2D eigenvalue weighted by Gasteiger charge is 2.22. The number of hydrogen-bond donors (Lipinski definition) is 0. The number of carbonyl (C=O) groups excluding carboxylic acids is 2. The number of esters is 2. The van der Waals surface area contributed by atoms with Crippen molar-refractivity contribution in [2.45, 2.75) is 0 Å². The van der Waals surface area contributed by atoms with Crippen LogP contribution in [0.5, 0.6) is 23.0 Å². The molecule has 0 aromatic heterocycles. The van der Waals surface area contributed by atoms with Crippen LogP contribution in [0.25, 0.3) is 32.7 Å². The number of hydrogen-bond acceptors (Lipinski definition) is 6. The van der Waals surface area contributed by atoms with Gasteiger partial charge in [-0.25, -0.2) is 9.59 Å². The third-order valence-corrected chi connectivity index (χ3v) is 7.00. The van der Waals surface area contributed by atoms with Gasteiger partial charge in [-0.3, -0.25) is 0 Å². The van der Waals surface area contributed by atoms with E-state index in [0.29, 0.717) is 34.1 Å². The predicted octanol–water partition coefficient (Wildman–Crippen LogP) is 8.82. The van der Waals surface area contributed by atoms with Crippen molar-refractivity contribution in [2.75, 3.05) is 14.2 Å². The van der Waals surface area contributed by atoms with Gasteiger partial charge in [0.05, 0.1) is 25.3 Å². The Hall–Kier alpha value is -5.62. The van der Waals surface area contributed by atoms with E-state index < -0.39 is 11.9 Å². The van der Waals surface area contributed by atoms with E-state index in [1.54, 1.807) is 24.3 Å². The van der Waals surface area contributed by atoms with Gasteiger partial charge in [0, 0.05) is 11.1 Å². The molecule has 0 aliphatic rings. The lowest BCUT2D eigenvalue weighted by atomic mass is 9.91. The molecule has 0 unspecified atom stereocenters. The summed E-state index contributed by atoms with van der Waals surface area (Å²) in [4.78, 5) is 24.7. The maximum Gasteiger partial charge on any atom is 0.337 e. The summed E-state index contributed by atoms with van der Waals surface area (Å²) in [5.74, 6) is 1.70. The first-order chi connectivity index (χ1) is 20.6. The fraction of sp³-hybridized carbons (Fsp3) is 0.0556. The smallest absolute Gasteiger partial charge is 0.337 e. The van der Waals surface area contributed by atoms with Gasteiger partial charge in [0.1, 0.15) is 23.0 Å². The minimum atomic E-state index is -0.420. The van der Waals surface area contributed by atoms with E-state index in [1.807, 2.05) is 97.1 Å². The molecule has 0 amide bonds. The molecule has 6 aromatic carbocycles. The number of rotatable bonds is 7. The number of fused-ring (bicyclic) bond motifs is 2. The van der Waals surface area contributed by atoms with Crippen LogP contribution < -0.4 is 9.47 Å². The zero-order chi connectivity index (χ0) is 29.1. The van der Waals surface area contributed by atoms with Crippen LogP contribution in [-0.2, 0) is 9.47 Å². The summed E-state index contributed by atoms with van der Waals surface area (Å²) in [6, 6.07) is 37.5. The summed E-state index contributed by atoms with van der Waals surface area (Å²) in [5, 5.41) is 3.33. The van der Waals surface area contributed by atoms with Crippen molar-refractivity contribution in [3.63, 3.8) is 0 Å². The molecule has 0 fully saturated rings. The highest BCUT2D eigenvalue weighted by Crippen LogP contribution is 2.47. The first-order valence-corrected chi connectivity index (χ1v) is 13.3. The third-order valence-electron chi connectivity index (χ3n) is 7.00. The average molecular weight is 555 g/mol. The van der Waals surface area contributed by atoms with Crippen molar-refractivity contribution in [1.82, 2.24) is 0 Å². The standard InChI is InChI=1S/C36H26O6/c1-39-35(37)25-13-17-29-23(21-25)15-19-31(41-27-9-5-3-6-10-27)33(29)34-30-18-14-26(36(38)40-2)22-24(30)16-20-32(34)42-28-11-7-4-8-12-28/h3-22H,1-2H3. The molecule has 0 heterocycles. The highest BCUT2D eigenvalue weighted by atomic mass is 16.5. The topological polar surface area (TPSA) is 71.1 Å². The van der Waals surface area contributed by atoms with Gasteiger partial charge in [-0.15, -0.1) is 0 Å². The predicted molar refractivity (Wildman–Crippen MR) is 163 cm³/mol. The highest BCUT2D eigenvalue weighted by molar-refractivity contribution is 6.11. The van der Waals surface area contributed by atoms with Crippen LogP contribution >= 0.6 is 0 Å². The minimum Gasteiger partial charge on any atom is -0.465 e. The molecular formula is C36H26O6. The number of para-hydroxylation sites is 2. The molecule has 6 nitrogen and oxygen atoms in total. The van der Waals surface area contributed by atoms with Crippen molar-refractivity contribution < 1.29 is 28.5 Å². The van der Waals surface area contributed by atoms with Crippen molar-refractivity contribution in [3.05, 3.63) is 132 Å². The van der Waals surface area contributed by atoms with Crippen LogP contribution in [0, 0.1) is 0 Å². The Labute approximate surface area is 242 Å². The lowest BCUT2D eigenvalue weighted by molar-refractivity contribution is 0.0592. The van der Waals surface area contributed by atoms with Crippen molar-refractivity contribution in [1.29, 1.82) is 0 Å². The zero-order valence-electron chi connectivity index (χ0n) is 23.0. The van der Waals surface area contributed by atoms with Crippen LogP contribution in [-0.4, -0.2) is 26.2 Å². The number of benzene rings is 6. The molecule has 6 heteroatoms. The summed E-state index contributed by atoms with van der Waals surface area (Å²) < 4.78 is 22.9. The second-order valence-corrected chi connectivity index (χ2v) is 9.56. The fourth-order valence-electron chi connectivity index (χ4n) is 5.03. The Bertz CT molecular complexity index is 1790. The summed E-state index contributed by atoms with van der Waals surface area (Å²) in [7, 11) is 2.72. The zero-order valence-corrected chi connectivity index (χ0v) is 23.0. The second-order valence-electron chi connectivity index (χ2n) is 9.56. The normalized spacial score (nSPS) is 10.8. The summed E-state index contributed by atoms with van der Waals surface area (Å²) in [5.41, 5.74) is 2.42. The van der Waals surface area contributed by atoms with E-state index in [1.165, 1.54) is 14.2 Å². The van der Waals surface area contributed by atoms with Gasteiger partial charge < -0.3 is 18.9 Å². The largest absolute Gasteiger partial charge is 0.465 e. The van der Waals surface area contributed by atoms with Crippen LogP contribution in [0.15, 0.2) is 121 Å². The van der Waals surface area contributed by atoms with E-state index in [4.69, 9.17) is 18.9 Å². The second kappa shape index (κ2) is 11.5. The Morgan fingerprint density at radius 1 is 0.476 bits per heavy atom. The molecule has 0 atom stereocenters. The lowest BCUT2D eigenvalue weighted by Gasteiger charge is -2.20. The molecule has 6 aromatic rings. The lowest BCUT2D eigenvalue weighted by Crippen LogP contribution is -2.02.